The molecular formula is C6H9N2O5P. The molecule has 2 N–H and O–H groups in total. The van der Waals surface area contributed by atoms with Crippen LogP contribution in [-0.4, -0.2) is 25.9 Å². The van der Waals surface area contributed by atoms with Gasteiger partial charge < -0.3 is 9.79 Å². The van der Waals surface area contributed by atoms with Crippen LogP contribution < -0.4 is 0 Å². The molecule has 8 heteroatoms. The molecule has 1 aromatic heterocycles. The Hall–Kier alpha value is -1.01. The number of aldehydes is 1. The number of hydrogen-bond donors (Lipinski definition) is 2. The molecule has 1 aromatic rings. The Morgan fingerprint density at radius 2 is 2.36 bits per heavy atom. The van der Waals surface area contributed by atoms with Crippen LogP contribution in [0.4, 0.5) is 0 Å². The van der Waals surface area contributed by atoms with E-state index in [4.69, 9.17) is 9.79 Å². The second-order valence-corrected chi connectivity index (χ2v) is 3.82. The van der Waals surface area contributed by atoms with E-state index in [1.165, 1.54) is 6.20 Å². The molecule has 0 fully saturated rings. The minimum atomic E-state index is -4.53. The molecule has 0 saturated heterocycles. The molecule has 0 unspecified atom stereocenters. The predicted molar refractivity (Wildman–Crippen MR) is 45.5 cm³/mol. The molecule has 0 aliphatic rings. The zero-order chi connectivity index (χ0) is 10.8. The van der Waals surface area contributed by atoms with E-state index in [2.05, 4.69) is 9.62 Å². The van der Waals surface area contributed by atoms with Crippen molar-refractivity contribution in [3.8, 4) is 0 Å². The third-order valence-electron chi connectivity index (χ3n) is 1.53. The monoisotopic (exact) mass is 220 g/mol. The topological polar surface area (TPSA) is 102 Å². The SMILES string of the molecule is Cc1cnn(COP(=O)(O)O)c1C=O. The van der Waals surface area contributed by atoms with Gasteiger partial charge in [0, 0.05) is 0 Å². The van der Waals surface area contributed by atoms with Crippen LogP contribution in [-0.2, 0) is 15.8 Å². The van der Waals surface area contributed by atoms with Gasteiger partial charge in [0.25, 0.3) is 0 Å². The quantitative estimate of drug-likeness (QED) is 0.550. The lowest BCUT2D eigenvalue weighted by molar-refractivity contribution is 0.108. The van der Waals surface area contributed by atoms with E-state index in [-0.39, 0.29) is 5.69 Å². The number of aromatic nitrogens is 2. The zero-order valence-corrected chi connectivity index (χ0v) is 8.22. The molecule has 0 aromatic carbocycles. The van der Waals surface area contributed by atoms with Crippen LogP contribution in [0.3, 0.4) is 0 Å². The maximum Gasteiger partial charge on any atom is 0.471 e. The minimum absolute atomic E-state index is 0.235. The Bertz CT molecular complexity index is 382. The first-order chi connectivity index (χ1) is 6.44. The first-order valence-corrected chi connectivity index (χ1v) is 5.15. The van der Waals surface area contributed by atoms with Crippen molar-refractivity contribution in [3.05, 3.63) is 17.5 Å². The molecule has 0 bridgehead atoms. The highest BCUT2D eigenvalue weighted by molar-refractivity contribution is 7.46. The summed E-state index contributed by atoms with van der Waals surface area (Å²) in [6.07, 6.45) is 1.96. The third-order valence-corrected chi connectivity index (χ3v) is 1.98. The van der Waals surface area contributed by atoms with E-state index in [0.29, 0.717) is 11.8 Å². The Labute approximate surface area is 79.5 Å². The van der Waals surface area contributed by atoms with Gasteiger partial charge in [-0.05, 0) is 12.5 Å². The van der Waals surface area contributed by atoms with Gasteiger partial charge in [0.1, 0.15) is 5.69 Å². The van der Waals surface area contributed by atoms with E-state index < -0.39 is 14.6 Å². The Kier molecular flexibility index (Phi) is 3.17. The number of hydrogen-bond acceptors (Lipinski definition) is 4. The van der Waals surface area contributed by atoms with E-state index >= 15 is 0 Å². The summed E-state index contributed by atoms with van der Waals surface area (Å²) >= 11 is 0. The highest BCUT2D eigenvalue weighted by Gasteiger charge is 2.15. The second-order valence-electron chi connectivity index (χ2n) is 2.58. The van der Waals surface area contributed by atoms with Crippen LogP contribution in [0.25, 0.3) is 0 Å². The number of phosphoric ester groups is 1. The van der Waals surface area contributed by atoms with Crippen LogP contribution in [0.15, 0.2) is 6.20 Å². The molecule has 0 aliphatic heterocycles. The van der Waals surface area contributed by atoms with Gasteiger partial charge in [-0.1, -0.05) is 0 Å². The molecule has 14 heavy (non-hydrogen) atoms. The van der Waals surface area contributed by atoms with E-state index in [9.17, 15) is 9.36 Å². The largest absolute Gasteiger partial charge is 0.471 e. The first kappa shape index (κ1) is 11.1. The van der Waals surface area contributed by atoms with Crippen molar-refractivity contribution in [2.75, 3.05) is 0 Å². The molecule has 0 atom stereocenters. The first-order valence-electron chi connectivity index (χ1n) is 3.61. The van der Waals surface area contributed by atoms with E-state index in [1.807, 2.05) is 0 Å². The summed E-state index contributed by atoms with van der Waals surface area (Å²) in [4.78, 5) is 27.3. The van der Waals surface area contributed by atoms with Crippen LogP contribution in [0.2, 0.25) is 0 Å². The maximum atomic E-state index is 10.5. The minimum Gasteiger partial charge on any atom is -0.303 e. The molecule has 1 heterocycles. The molecule has 0 radical (unpaired) electrons. The predicted octanol–water partition coefficient (Wildman–Crippen LogP) is 0.0708. The van der Waals surface area contributed by atoms with Crippen LogP contribution in [0, 0.1) is 6.92 Å². The number of rotatable bonds is 4. The van der Waals surface area contributed by atoms with Gasteiger partial charge >= 0.3 is 7.82 Å². The molecule has 0 saturated carbocycles. The molecule has 0 aliphatic carbocycles. The maximum absolute atomic E-state index is 10.5. The fourth-order valence-corrected chi connectivity index (χ4v) is 1.13. The molecule has 7 nitrogen and oxygen atoms in total. The van der Waals surface area contributed by atoms with Crippen molar-refractivity contribution in [1.82, 2.24) is 9.78 Å². The lowest BCUT2D eigenvalue weighted by Crippen LogP contribution is -2.07. The number of aryl methyl sites for hydroxylation is 1. The number of nitrogens with zero attached hydrogens (tertiary/aromatic N) is 2. The molecule has 0 amide bonds. The fraction of sp³-hybridized carbons (Fsp3) is 0.333. The highest BCUT2D eigenvalue weighted by atomic mass is 31.2. The van der Waals surface area contributed by atoms with Crippen molar-refractivity contribution in [3.63, 3.8) is 0 Å². The summed E-state index contributed by atoms with van der Waals surface area (Å²) in [5.41, 5.74) is 0.854. The van der Waals surface area contributed by atoms with Gasteiger partial charge in [-0.15, -0.1) is 0 Å². The summed E-state index contributed by atoms with van der Waals surface area (Å²) in [5, 5.41) is 3.71. The molecule has 0 spiro atoms. The Morgan fingerprint density at radius 3 is 2.86 bits per heavy atom. The zero-order valence-electron chi connectivity index (χ0n) is 7.32. The number of phosphoric acid groups is 1. The van der Waals surface area contributed by atoms with E-state index in [0.717, 1.165) is 4.68 Å². The fourth-order valence-electron chi connectivity index (χ4n) is 0.875. The average molecular weight is 220 g/mol. The highest BCUT2D eigenvalue weighted by Crippen LogP contribution is 2.36. The summed E-state index contributed by atoms with van der Waals surface area (Å²) < 4.78 is 15.6. The van der Waals surface area contributed by atoms with Gasteiger partial charge in [-0.3, -0.25) is 9.32 Å². The van der Waals surface area contributed by atoms with Gasteiger partial charge in [-0.2, -0.15) is 5.10 Å². The number of carbonyl (C=O) groups is 1. The second kappa shape index (κ2) is 4.02. The van der Waals surface area contributed by atoms with E-state index in [1.54, 1.807) is 6.92 Å². The van der Waals surface area contributed by atoms with Gasteiger partial charge in [-0.25, -0.2) is 9.25 Å². The lowest BCUT2D eigenvalue weighted by atomic mass is 10.3. The Morgan fingerprint density at radius 1 is 1.71 bits per heavy atom. The van der Waals surface area contributed by atoms with Crippen molar-refractivity contribution in [1.29, 1.82) is 0 Å². The summed E-state index contributed by atoms with van der Waals surface area (Å²) in [7, 11) is -4.53. The van der Waals surface area contributed by atoms with Gasteiger partial charge in [0.05, 0.1) is 6.20 Å². The number of carbonyl (C=O) groups excluding carboxylic acids is 1. The van der Waals surface area contributed by atoms with Crippen LogP contribution in [0.1, 0.15) is 16.1 Å². The summed E-state index contributed by atoms with van der Waals surface area (Å²) in [6.45, 7) is 1.21. The van der Waals surface area contributed by atoms with Crippen molar-refractivity contribution in [2.24, 2.45) is 0 Å². The molecule has 78 valence electrons. The van der Waals surface area contributed by atoms with Crippen molar-refractivity contribution in [2.45, 2.75) is 13.7 Å². The molecule has 1 rings (SSSR count). The standard InChI is InChI=1S/C6H9N2O5P/c1-5-2-7-8(6(5)3-9)4-13-14(10,11)12/h2-3H,4H2,1H3,(H2,10,11,12). The summed E-state index contributed by atoms with van der Waals surface area (Å²) in [6, 6.07) is 0. The van der Waals surface area contributed by atoms with Crippen molar-refractivity contribution < 1.29 is 23.7 Å². The smallest absolute Gasteiger partial charge is 0.303 e. The van der Waals surface area contributed by atoms with Gasteiger partial charge in [0.15, 0.2) is 13.0 Å². The molecular weight excluding hydrogens is 211 g/mol. The average Bonchev–Trinajstić information content (AvgIpc) is 2.41. The lowest BCUT2D eigenvalue weighted by Gasteiger charge is -2.06. The van der Waals surface area contributed by atoms with Crippen molar-refractivity contribution >= 4 is 14.1 Å². The Balaban J connectivity index is 2.77. The van der Waals surface area contributed by atoms with Crippen LogP contribution >= 0.6 is 7.82 Å². The van der Waals surface area contributed by atoms with Crippen LogP contribution in [0.5, 0.6) is 0 Å². The van der Waals surface area contributed by atoms with Gasteiger partial charge in [0.2, 0.25) is 0 Å². The third kappa shape index (κ3) is 2.74. The normalized spacial score (nSPS) is 11.6. The summed E-state index contributed by atoms with van der Waals surface area (Å²) in [5.74, 6) is 0.